The van der Waals surface area contributed by atoms with Gasteiger partial charge in [0.1, 0.15) is 5.75 Å². The quantitative estimate of drug-likeness (QED) is 0.417. The van der Waals surface area contributed by atoms with E-state index in [1.54, 1.807) is 7.11 Å². The lowest BCUT2D eigenvalue weighted by Gasteiger charge is -2.25. The molecule has 0 amide bonds. The van der Waals surface area contributed by atoms with Crippen LogP contribution in [0.4, 0.5) is 5.69 Å². The number of hydrazone groups is 1. The maximum Gasteiger partial charge on any atom is 0.124 e. The zero-order valence-corrected chi connectivity index (χ0v) is 17.9. The van der Waals surface area contributed by atoms with Crippen LogP contribution in [0.1, 0.15) is 23.6 Å². The highest BCUT2D eigenvalue weighted by molar-refractivity contribution is 9.10. The van der Waals surface area contributed by atoms with Gasteiger partial charge in [-0.1, -0.05) is 68.3 Å². The number of anilines is 1. The van der Waals surface area contributed by atoms with Crippen molar-refractivity contribution in [3.05, 3.63) is 92.9 Å². The van der Waals surface area contributed by atoms with E-state index in [0.29, 0.717) is 0 Å². The van der Waals surface area contributed by atoms with Crippen LogP contribution in [0.3, 0.4) is 0 Å². The number of hydrogen-bond acceptors (Lipinski definition) is 3. The largest absolute Gasteiger partial charge is 0.496 e. The predicted molar refractivity (Wildman–Crippen MR) is 118 cm³/mol. The molecule has 0 saturated heterocycles. The molecule has 4 rings (SSSR count). The number of para-hydroxylation sites is 1. The van der Waals surface area contributed by atoms with Gasteiger partial charge in [0.25, 0.3) is 0 Å². The summed E-state index contributed by atoms with van der Waals surface area (Å²) in [5.74, 6) is 0.884. The molecule has 1 aliphatic rings. The van der Waals surface area contributed by atoms with E-state index in [2.05, 4.69) is 85.4 Å². The van der Waals surface area contributed by atoms with E-state index in [-0.39, 0.29) is 6.04 Å². The van der Waals surface area contributed by atoms with Crippen LogP contribution in [0.25, 0.3) is 0 Å². The van der Waals surface area contributed by atoms with E-state index in [4.69, 9.17) is 9.84 Å². The van der Waals surface area contributed by atoms with Crippen molar-refractivity contribution in [1.29, 1.82) is 0 Å². The zero-order valence-electron chi connectivity index (χ0n) is 14.8. The van der Waals surface area contributed by atoms with Crippen molar-refractivity contribution in [2.24, 2.45) is 5.10 Å². The minimum Gasteiger partial charge on any atom is -0.496 e. The fourth-order valence-electron chi connectivity index (χ4n) is 3.37. The highest BCUT2D eigenvalue weighted by atomic mass is 79.9. The summed E-state index contributed by atoms with van der Waals surface area (Å²) in [4.78, 5) is 0. The van der Waals surface area contributed by atoms with Crippen molar-refractivity contribution in [3.63, 3.8) is 0 Å². The molecule has 0 fully saturated rings. The molecule has 0 radical (unpaired) electrons. The topological polar surface area (TPSA) is 24.8 Å². The van der Waals surface area contributed by atoms with Crippen molar-refractivity contribution in [2.45, 2.75) is 12.5 Å². The summed E-state index contributed by atoms with van der Waals surface area (Å²) in [6, 6.07) is 24.8. The Balaban J connectivity index is 1.79. The second-order valence-electron chi connectivity index (χ2n) is 6.34. The Hall–Kier alpha value is -2.11. The highest BCUT2D eigenvalue weighted by Crippen LogP contribution is 2.40. The number of nitrogens with zero attached hydrogens (tertiary/aromatic N) is 2. The molecule has 1 unspecified atom stereocenters. The molecule has 0 aromatic heterocycles. The number of rotatable bonds is 4. The molecule has 0 N–H and O–H groups in total. The van der Waals surface area contributed by atoms with E-state index in [9.17, 15) is 0 Å². The second kappa shape index (κ2) is 7.87. The summed E-state index contributed by atoms with van der Waals surface area (Å²) < 4.78 is 7.73. The molecule has 3 aromatic carbocycles. The molecule has 5 heteroatoms. The Kier molecular flexibility index (Phi) is 5.32. The fraction of sp³-hybridized carbons (Fsp3) is 0.136. The maximum atomic E-state index is 5.63. The molecule has 0 bridgehead atoms. The summed E-state index contributed by atoms with van der Waals surface area (Å²) in [7, 11) is 1.72. The van der Waals surface area contributed by atoms with Crippen LogP contribution < -0.4 is 9.75 Å². The maximum absolute atomic E-state index is 5.63. The van der Waals surface area contributed by atoms with Gasteiger partial charge in [0.05, 0.1) is 24.6 Å². The van der Waals surface area contributed by atoms with Gasteiger partial charge in [-0.05, 0) is 42.0 Å². The SMILES string of the molecule is COc1ccccc1C1CC(c2ccc(Br)cc2)=NN1c1cccc(Br)c1. The molecular weight excluding hydrogens is 468 g/mol. The molecule has 1 atom stereocenters. The Bertz CT molecular complexity index is 986. The molecule has 3 aromatic rings. The molecule has 0 spiro atoms. The molecule has 0 saturated carbocycles. The summed E-state index contributed by atoms with van der Waals surface area (Å²) in [5, 5.41) is 7.09. The van der Waals surface area contributed by atoms with Gasteiger partial charge in [-0.15, -0.1) is 0 Å². The van der Waals surface area contributed by atoms with Gasteiger partial charge < -0.3 is 4.74 Å². The van der Waals surface area contributed by atoms with Crippen LogP contribution in [-0.2, 0) is 0 Å². The number of benzene rings is 3. The van der Waals surface area contributed by atoms with Crippen LogP contribution >= 0.6 is 31.9 Å². The summed E-state index contributed by atoms with van der Waals surface area (Å²) >= 11 is 7.08. The van der Waals surface area contributed by atoms with E-state index < -0.39 is 0 Å². The number of halogens is 2. The summed E-state index contributed by atoms with van der Waals surface area (Å²) in [5.41, 5.74) is 4.39. The molecule has 3 nitrogen and oxygen atoms in total. The minimum absolute atomic E-state index is 0.0779. The van der Waals surface area contributed by atoms with Crippen molar-refractivity contribution >= 4 is 43.3 Å². The van der Waals surface area contributed by atoms with Crippen LogP contribution in [0.5, 0.6) is 5.75 Å². The van der Waals surface area contributed by atoms with Gasteiger partial charge in [0, 0.05) is 20.9 Å². The van der Waals surface area contributed by atoms with Crippen molar-refractivity contribution < 1.29 is 4.74 Å². The number of ether oxygens (including phenoxy) is 1. The first-order valence-corrected chi connectivity index (χ1v) is 10.3. The molecule has 1 aliphatic heterocycles. The van der Waals surface area contributed by atoms with Crippen LogP contribution in [0.2, 0.25) is 0 Å². The molecule has 136 valence electrons. The zero-order chi connectivity index (χ0) is 18.8. The monoisotopic (exact) mass is 484 g/mol. The van der Waals surface area contributed by atoms with Crippen LogP contribution in [0.15, 0.2) is 86.8 Å². The van der Waals surface area contributed by atoms with Gasteiger partial charge in [0.15, 0.2) is 0 Å². The first-order chi connectivity index (χ1) is 13.2. The Morgan fingerprint density at radius 2 is 1.70 bits per heavy atom. The van der Waals surface area contributed by atoms with Gasteiger partial charge in [0.2, 0.25) is 0 Å². The fourth-order valence-corrected chi connectivity index (χ4v) is 4.02. The second-order valence-corrected chi connectivity index (χ2v) is 8.17. The van der Waals surface area contributed by atoms with Gasteiger partial charge in [-0.3, -0.25) is 5.01 Å². The minimum atomic E-state index is 0.0779. The smallest absolute Gasteiger partial charge is 0.124 e. The molecule has 27 heavy (non-hydrogen) atoms. The van der Waals surface area contributed by atoms with E-state index in [1.165, 1.54) is 0 Å². The predicted octanol–water partition coefficient (Wildman–Crippen LogP) is 6.58. The summed E-state index contributed by atoms with van der Waals surface area (Å²) in [6.45, 7) is 0. The lowest BCUT2D eigenvalue weighted by atomic mass is 9.97. The van der Waals surface area contributed by atoms with Gasteiger partial charge in [-0.2, -0.15) is 5.10 Å². The van der Waals surface area contributed by atoms with Crippen LogP contribution in [0, 0.1) is 0 Å². The lowest BCUT2D eigenvalue weighted by molar-refractivity contribution is 0.405. The lowest BCUT2D eigenvalue weighted by Crippen LogP contribution is -2.19. The van der Waals surface area contributed by atoms with Crippen molar-refractivity contribution in [1.82, 2.24) is 0 Å². The average Bonchev–Trinajstić information content (AvgIpc) is 3.14. The Morgan fingerprint density at radius 1 is 0.926 bits per heavy atom. The van der Waals surface area contributed by atoms with E-state index in [1.807, 2.05) is 24.3 Å². The average molecular weight is 486 g/mol. The number of methoxy groups -OCH3 is 1. The van der Waals surface area contributed by atoms with Gasteiger partial charge in [-0.25, -0.2) is 0 Å². The number of hydrogen-bond donors (Lipinski definition) is 0. The third-order valence-electron chi connectivity index (χ3n) is 4.66. The molecule has 1 heterocycles. The first kappa shape index (κ1) is 18.3. The van der Waals surface area contributed by atoms with Crippen molar-refractivity contribution in [2.75, 3.05) is 12.1 Å². The standard InChI is InChI=1S/C22H18Br2N2O/c1-27-22-8-3-2-7-19(22)21-14-20(15-9-11-16(23)12-10-15)25-26(21)18-6-4-5-17(24)13-18/h2-13,21H,14H2,1H3. The van der Waals surface area contributed by atoms with Crippen molar-refractivity contribution in [3.8, 4) is 5.75 Å². The summed E-state index contributed by atoms with van der Waals surface area (Å²) in [6.07, 6.45) is 0.814. The van der Waals surface area contributed by atoms with E-state index >= 15 is 0 Å². The van der Waals surface area contributed by atoms with Crippen LogP contribution in [-0.4, -0.2) is 12.8 Å². The normalized spacial score (nSPS) is 16.3. The molecular formula is C22H18Br2N2O. The first-order valence-electron chi connectivity index (χ1n) is 8.67. The molecule has 0 aliphatic carbocycles. The van der Waals surface area contributed by atoms with Gasteiger partial charge >= 0.3 is 0 Å². The third-order valence-corrected chi connectivity index (χ3v) is 5.68. The van der Waals surface area contributed by atoms with E-state index in [0.717, 1.165) is 43.6 Å². The Morgan fingerprint density at radius 3 is 2.44 bits per heavy atom. The highest BCUT2D eigenvalue weighted by Gasteiger charge is 2.31. The third kappa shape index (κ3) is 3.80. The Labute approximate surface area is 175 Å².